The normalized spacial score (nSPS) is 10.8. The molecular formula is C11H19I. The van der Waals surface area contributed by atoms with Crippen LogP contribution < -0.4 is 0 Å². The van der Waals surface area contributed by atoms with Gasteiger partial charge in [-0.2, -0.15) is 0 Å². The molecule has 0 N–H and O–H groups in total. The topological polar surface area (TPSA) is 0 Å². The zero-order valence-electron chi connectivity index (χ0n) is 8.31. The van der Waals surface area contributed by atoms with Crippen LogP contribution in [-0.4, -0.2) is 0 Å². The molecule has 0 rings (SSSR count). The fourth-order valence-corrected chi connectivity index (χ4v) is 0.942. The molecule has 0 radical (unpaired) electrons. The van der Waals surface area contributed by atoms with Gasteiger partial charge in [0.05, 0.1) is 0 Å². The number of rotatable bonds is 3. The zero-order valence-corrected chi connectivity index (χ0v) is 10.5. The third kappa shape index (κ3) is 16.5. The van der Waals surface area contributed by atoms with Crippen molar-refractivity contribution >= 4 is 22.6 Å². The molecule has 0 saturated heterocycles. The van der Waals surface area contributed by atoms with Gasteiger partial charge in [-0.05, 0) is 45.9 Å². The van der Waals surface area contributed by atoms with Gasteiger partial charge < -0.3 is 0 Å². The molecule has 0 nitrogen and oxygen atoms in total. The number of allylic oxidation sites excluding steroid dienone is 5. The van der Waals surface area contributed by atoms with E-state index in [0.717, 1.165) is 0 Å². The largest absolute Gasteiger partial charge is 0.0991 e. The third-order valence-electron chi connectivity index (χ3n) is 1.09. The summed E-state index contributed by atoms with van der Waals surface area (Å²) in [4.78, 5) is 0. The van der Waals surface area contributed by atoms with Gasteiger partial charge in [0.15, 0.2) is 0 Å². The highest BCUT2D eigenvalue weighted by Crippen LogP contribution is 2.09. The van der Waals surface area contributed by atoms with E-state index in [4.69, 9.17) is 0 Å². The van der Waals surface area contributed by atoms with E-state index < -0.39 is 0 Å². The van der Waals surface area contributed by atoms with Crippen LogP contribution in [0.4, 0.5) is 0 Å². The number of hydrogen-bond donors (Lipinski definition) is 0. The lowest BCUT2D eigenvalue weighted by Crippen LogP contribution is -1.62. The molecule has 0 unspecified atom stereocenters. The monoisotopic (exact) mass is 278 g/mol. The Hall–Kier alpha value is -0.0500. The van der Waals surface area contributed by atoms with Crippen LogP contribution in [0.5, 0.6) is 0 Å². The van der Waals surface area contributed by atoms with E-state index in [1.807, 2.05) is 19.1 Å². The molecule has 0 aromatic heterocycles. The van der Waals surface area contributed by atoms with Crippen molar-refractivity contribution in [2.24, 2.45) is 0 Å². The second-order valence-electron chi connectivity index (χ2n) is 2.17. The molecule has 0 amide bonds. The van der Waals surface area contributed by atoms with Crippen LogP contribution in [0.1, 0.15) is 33.6 Å². The maximum Gasteiger partial charge on any atom is -0.0137 e. The van der Waals surface area contributed by atoms with Crippen molar-refractivity contribution in [2.45, 2.75) is 33.6 Å². The smallest absolute Gasteiger partial charge is 0.0137 e. The third-order valence-corrected chi connectivity index (χ3v) is 2.30. The average Bonchev–Trinajstić information content (AvgIpc) is 2.07. The first-order valence-electron chi connectivity index (χ1n) is 4.31. The molecule has 0 bridgehead atoms. The van der Waals surface area contributed by atoms with Crippen LogP contribution in [0.25, 0.3) is 0 Å². The highest BCUT2D eigenvalue weighted by molar-refractivity contribution is 14.1. The summed E-state index contributed by atoms with van der Waals surface area (Å²) in [5.41, 5.74) is 0. The van der Waals surface area contributed by atoms with Crippen molar-refractivity contribution < 1.29 is 0 Å². The summed E-state index contributed by atoms with van der Waals surface area (Å²) in [6, 6.07) is 0. The van der Waals surface area contributed by atoms with Gasteiger partial charge in [-0.1, -0.05) is 44.7 Å². The highest BCUT2D eigenvalue weighted by Gasteiger charge is 1.79. The minimum absolute atomic E-state index is 1.17. The molecule has 0 saturated carbocycles. The van der Waals surface area contributed by atoms with E-state index in [0.29, 0.717) is 0 Å². The lowest BCUT2D eigenvalue weighted by molar-refractivity contribution is 1.15. The molecule has 0 spiro atoms. The molecular weight excluding hydrogens is 259 g/mol. The van der Waals surface area contributed by atoms with Crippen LogP contribution in [0.3, 0.4) is 0 Å². The highest BCUT2D eigenvalue weighted by atomic mass is 127. The fourth-order valence-electron chi connectivity index (χ4n) is 0.502. The van der Waals surface area contributed by atoms with Crippen LogP contribution in [-0.2, 0) is 0 Å². The Morgan fingerprint density at radius 1 is 1.42 bits per heavy atom. The number of halogens is 1. The lowest BCUT2D eigenvalue weighted by atomic mass is 10.4. The Morgan fingerprint density at radius 2 is 2.00 bits per heavy atom. The second kappa shape index (κ2) is 13.5. The SMILES string of the molecule is C=C/C=C/C.CC/C=C(\I)CC. The summed E-state index contributed by atoms with van der Waals surface area (Å²) in [5, 5.41) is 0. The molecule has 0 aliphatic heterocycles. The fraction of sp³-hybridized carbons (Fsp3) is 0.455. The van der Waals surface area contributed by atoms with Gasteiger partial charge in [0.25, 0.3) is 0 Å². The predicted molar refractivity (Wildman–Crippen MR) is 67.7 cm³/mol. The lowest BCUT2D eigenvalue weighted by Gasteiger charge is -1.86. The molecule has 70 valence electrons. The number of hydrogen-bond acceptors (Lipinski definition) is 0. The van der Waals surface area contributed by atoms with Gasteiger partial charge in [0.1, 0.15) is 0 Å². The van der Waals surface area contributed by atoms with E-state index in [9.17, 15) is 0 Å². The van der Waals surface area contributed by atoms with Crippen molar-refractivity contribution in [1.29, 1.82) is 0 Å². The Labute approximate surface area is 90.6 Å². The van der Waals surface area contributed by atoms with Gasteiger partial charge in [-0.3, -0.25) is 0 Å². The van der Waals surface area contributed by atoms with E-state index in [-0.39, 0.29) is 0 Å². The first kappa shape index (κ1) is 14.5. The van der Waals surface area contributed by atoms with Crippen LogP contribution in [0.2, 0.25) is 0 Å². The summed E-state index contributed by atoms with van der Waals surface area (Å²) in [5.74, 6) is 0. The molecule has 0 fully saturated rings. The van der Waals surface area contributed by atoms with Crippen molar-refractivity contribution in [3.63, 3.8) is 0 Å². The van der Waals surface area contributed by atoms with Crippen LogP contribution in [0, 0.1) is 0 Å². The van der Waals surface area contributed by atoms with Gasteiger partial charge in [-0.15, -0.1) is 0 Å². The minimum atomic E-state index is 1.17. The Bertz CT molecular complexity index is 143. The van der Waals surface area contributed by atoms with Crippen LogP contribution in [0.15, 0.2) is 34.5 Å². The second-order valence-corrected chi connectivity index (χ2v) is 3.56. The summed E-state index contributed by atoms with van der Waals surface area (Å²) in [7, 11) is 0. The van der Waals surface area contributed by atoms with Gasteiger partial charge in [-0.25, -0.2) is 0 Å². The summed E-state index contributed by atoms with van der Waals surface area (Å²) in [6.07, 6.45) is 10.2. The predicted octanol–water partition coefficient (Wildman–Crippen LogP) is 4.87. The Kier molecular flexibility index (Phi) is 16.3. The molecule has 12 heavy (non-hydrogen) atoms. The quantitative estimate of drug-likeness (QED) is 0.510. The molecule has 0 heterocycles. The van der Waals surface area contributed by atoms with Crippen molar-refractivity contribution in [3.8, 4) is 0 Å². The van der Waals surface area contributed by atoms with Gasteiger partial charge in [0, 0.05) is 0 Å². The van der Waals surface area contributed by atoms with E-state index >= 15 is 0 Å². The van der Waals surface area contributed by atoms with Crippen molar-refractivity contribution in [3.05, 3.63) is 34.5 Å². The van der Waals surface area contributed by atoms with Gasteiger partial charge in [0.2, 0.25) is 0 Å². The zero-order chi connectivity index (χ0) is 9.82. The maximum absolute atomic E-state index is 3.46. The Balaban J connectivity index is 0. The molecule has 0 aromatic rings. The average molecular weight is 278 g/mol. The first-order valence-corrected chi connectivity index (χ1v) is 5.38. The molecule has 0 aliphatic carbocycles. The van der Waals surface area contributed by atoms with Crippen LogP contribution >= 0.6 is 22.6 Å². The standard InChI is InChI=1S/C6H11I.C5H8/c1-3-5-6(7)4-2;1-3-5-4-2/h5H,3-4H2,1-2H3;3-5H,1H2,2H3/b6-5-;5-4+. The first-order chi connectivity index (χ1) is 5.72. The molecule has 1 heteroatoms. The summed E-state index contributed by atoms with van der Waals surface area (Å²) in [6.45, 7) is 9.76. The molecule has 0 aromatic carbocycles. The maximum atomic E-state index is 3.46. The van der Waals surface area contributed by atoms with Gasteiger partial charge >= 0.3 is 0 Å². The molecule has 0 atom stereocenters. The minimum Gasteiger partial charge on any atom is -0.0991 e. The van der Waals surface area contributed by atoms with E-state index in [1.165, 1.54) is 16.4 Å². The molecule has 0 aliphatic rings. The summed E-state index contributed by atoms with van der Waals surface area (Å²) < 4.78 is 1.47. The van der Waals surface area contributed by atoms with Crippen molar-refractivity contribution in [2.75, 3.05) is 0 Å². The van der Waals surface area contributed by atoms with E-state index in [1.54, 1.807) is 6.08 Å². The van der Waals surface area contributed by atoms with E-state index in [2.05, 4.69) is 49.1 Å². The van der Waals surface area contributed by atoms with Crippen molar-refractivity contribution in [1.82, 2.24) is 0 Å². The Morgan fingerprint density at radius 3 is 2.08 bits per heavy atom. The summed E-state index contributed by atoms with van der Waals surface area (Å²) >= 11 is 2.37.